The Balaban J connectivity index is 2.11. The van der Waals surface area contributed by atoms with Gasteiger partial charge in [-0.25, -0.2) is 9.97 Å². The Kier molecular flexibility index (Phi) is 2.40. The van der Waals surface area contributed by atoms with Gasteiger partial charge in [-0.1, -0.05) is 29.7 Å². The number of imidazole rings is 1. The third-order valence-corrected chi connectivity index (χ3v) is 4.32. The van der Waals surface area contributed by atoms with Crippen LogP contribution in [0, 0.1) is 9.75 Å². The molecule has 1 aliphatic carbocycles. The lowest BCUT2D eigenvalue weighted by molar-refractivity contribution is 1.17. The van der Waals surface area contributed by atoms with Crippen molar-refractivity contribution in [1.82, 2.24) is 13.9 Å². The van der Waals surface area contributed by atoms with Gasteiger partial charge in [0.25, 0.3) is 0 Å². The van der Waals surface area contributed by atoms with Crippen molar-refractivity contribution in [2.24, 2.45) is 0 Å². The fourth-order valence-electron chi connectivity index (χ4n) is 2.23. The van der Waals surface area contributed by atoms with Gasteiger partial charge in [-0.3, -0.25) is 8.75 Å². The van der Waals surface area contributed by atoms with Crippen LogP contribution in [0.5, 0.6) is 0 Å². The first-order valence-corrected chi connectivity index (χ1v) is 6.92. The summed E-state index contributed by atoms with van der Waals surface area (Å²) < 4.78 is 2.90. The molecule has 2 aliphatic heterocycles. The molecule has 0 saturated heterocycles. The molecule has 0 atom stereocenters. The number of nitrogens with zero attached hydrogens (tertiary/aromatic N) is 3. The van der Waals surface area contributed by atoms with Crippen molar-refractivity contribution in [2.75, 3.05) is 0 Å². The maximum absolute atomic E-state index is 12.1. The van der Waals surface area contributed by atoms with Crippen molar-refractivity contribution >= 4 is 11.5 Å². The molecular formula is C15H9N3OS. The number of benzene rings is 1. The molecule has 4 rings (SSSR count). The first kappa shape index (κ1) is 11.3. The van der Waals surface area contributed by atoms with E-state index in [0.29, 0.717) is 10.9 Å². The highest BCUT2D eigenvalue weighted by atomic mass is 32.1. The summed E-state index contributed by atoms with van der Waals surface area (Å²) in [6.07, 6.45) is 3.40. The fraction of sp³-hybridized carbons (Fsp3) is 0. The van der Waals surface area contributed by atoms with Gasteiger partial charge < -0.3 is 0 Å². The van der Waals surface area contributed by atoms with Crippen LogP contribution < -0.4 is 5.43 Å². The van der Waals surface area contributed by atoms with Crippen LogP contribution in [0.2, 0.25) is 0 Å². The maximum Gasteiger partial charge on any atom is 0.189 e. The Morgan fingerprint density at radius 1 is 1.05 bits per heavy atom. The molecular weight excluding hydrogens is 270 g/mol. The van der Waals surface area contributed by atoms with E-state index in [4.69, 9.17) is 0 Å². The lowest BCUT2D eigenvalue weighted by atomic mass is 10.2. The first-order chi connectivity index (χ1) is 9.83. The van der Waals surface area contributed by atoms with Gasteiger partial charge in [0, 0.05) is 17.5 Å². The summed E-state index contributed by atoms with van der Waals surface area (Å²) in [6.45, 7) is 0. The summed E-state index contributed by atoms with van der Waals surface area (Å²) in [5, 5.41) is 0.690. The molecule has 0 spiro atoms. The largest absolute Gasteiger partial charge is 0.289 e. The van der Waals surface area contributed by atoms with Crippen LogP contribution in [0.3, 0.4) is 0 Å². The molecule has 0 amide bonds. The predicted octanol–water partition coefficient (Wildman–Crippen LogP) is 2.52. The zero-order chi connectivity index (χ0) is 13.5. The third-order valence-electron chi connectivity index (χ3n) is 3.20. The summed E-state index contributed by atoms with van der Waals surface area (Å²) in [5.74, 6) is 0. The molecule has 3 aliphatic rings. The molecule has 1 aromatic rings. The first-order valence-electron chi connectivity index (χ1n) is 6.15. The van der Waals surface area contributed by atoms with Crippen LogP contribution >= 0.6 is 11.5 Å². The zero-order valence-electron chi connectivity index (χ0n) is 10.4. The van der Waals surface area contributed by atoms with Crippen LogP contribution in [0.1, 0.15) is 0 Å². The van der Waals surface area contributed by atoms with Gasteiger partial charge in [0.1, 0.15) is 12.0 Å². The van der Waals surface area contributed by atoms with Gasteiger partial charge in [0.15, 0.2) is 5.43 Å². The van der Waals surface area contributed by atoms with E-state index in [1.54, 1.807) is 6.07 Å². The number of para-hydroxylation sites is 1. The normalized spacial score (nSPS) is 11.2. The van der Waals surface area contributed by atoms with Crippen molar-refractivity contribution < 1.29 is 0 Å². The van der Waals surface area contributed by atoms with E-state index in [0.717, 1.165) is 15.9 Å². The third kappa shape index (κ3) is 1.64. The lowest BCUT2D eigenvalue weighted by Crippen LogP contribution is -2.05. The van der Waals surface area contributed by atoms with Crippen molar-refractivity contribution in [3.63, 3.8) is 0 Å². The molecule has 4 nitrogen and oxygen atoms in total. The van der Waals surface area contributed by atoms with E-state index in [9.17, 15) is 4.79 Å². The topological polar surface area (TPSA) is 47.8 Å². The van der Waals surface area contributed by atoms with Gasteiger partial charge in [0.05, 0.1) is 15.9 Å². The molecule has 0 aromatic heterocycles. The number of fused-ring (bicyclic) bond motifs is 2. The zero-order valence-corrected chi connectivity index (χ0v) is 11.2. The Morgan fingerprint density at radius 3 is 2.75 bits per heavy atom. The maximum atomic E-state index is 12.1. The van der Waals surface area contributed by atoms with Gasteiger partial charge in [0.2, 0.25) is 0 Å². The summed E-state index contributed by atoms with van der Waals surface area (Å²) in [4.78, 5) is 20.5. The van der Waals surface area contributed by atoms with Gasteiger partial charge in [-0.2, -0.15) is 0 Å². The minimum absolute atomic E-state index is 0.00976. The molecule has 0 N–H and O–H groups in total. The standard InChI is InChI=1S/C15H9N3OS/c19-13-8-12-14(17-9-16-12)15-11(13)6-7-18(20-15)10-4-2-1-3-5-10/h1-9H. The summed E-state index contributed by atoms with van der Waals surface area (Å²) in [5.41, 5.74) is 2.49. The van der Waals surface area contributed by atoms with E-state index in [1.807, 2.05) is 46.6 Å². The summed E-state index contributed by atoms with van der Waals surface area (Å²) in [6, 6.07) is 13.4. The molecule has 96 valence electrons. The molecule has 0 saturated carbocycles. The molecule has 2 heterocycles. The van der Waals surface area contributed by atoms with E-state index in [2.05, 4.69) is 9.97 Å². The molecule has 5 heteroatoms. The van der Waals surface area contributed by atoms with E-state index >= 15 is 0 Å². The lowest BCUT2D eigenvalue weighted by Gasteiger charge is -2.06. The number of hydrogen-bond donors (Lipinski definition) is 0. The van der Waals surface area contributed by atoms with Gasteiger partial charge in [-0.15, -0.1) is 0 Å². The average Bonchev–Trinajstić information content (AvgIpc) is 2.96. The fourth-order valence-corrected chi connectivity index (χ4v) is 3.29. The highest BCUT2D eigenvalue weighted by molar-refractivity contribution is 7.04. The van der Waals surface area contributed by atoms with Crippen molar-refractivity contribution in [2.45, 2.75) is 0 Å². The number of rotatable bonds is 1. The van der Waals surface area contributed by atoms with Crippen LogP contribution in [-0.4, -0.2) is 13.9 Å². The molecule has 0 bridgehead atoms. The van der Waals surface area contributed by atoms with Gasteiger partial charge in [-0.05, 0) is 18.2 Å². The minimum atomic E-state index is -0.00976. The van der Waals surface area contributed by atoms with Crippen LogP contribution in [-0.2, 0) is 0 Å². The second-order valence-corrected chi connectivity index (χ2v) is 5.41. The minimum Gasteiger partial charge on any atom is -0.289 e. The smallest absolute Gasteiger partial charge is 0.189 e. The number of hydrogen-bond acceptors (Lipinski definition) is 4. The van der Waals surface area contributed by atoms with E-state index in [1.165, 1.54) is 17.9 Å². The van der Waals surface area contributed by atoms with Crippen LogP contribution in [0.4, 0.5) is 0 Å². The average molecular weight is 279 g/mol. The molecule has 0 fully saturated rings. The molecule has 0 radical (unpaired) electrons. The monoisotopic (exact) mass is 279 g/mol. The van der Waals surface area contributed by atoms with E-state index < -0.39 is 0 Å². The number of aromatic nitrogens is 3. The highest BCUT2D eigenvalue weighted by Crippen LogP contribution is 2.21. The van der Waals surface area contributed by atoms with Crippen LogP contribution in [0.15, 0.2) is 59.8 Å². The second kappa shape index (κ2) is 4.25. The highest BCUT2D eigenvalue weighted by Gasteiger charge is 2.12. The molecule has 0 unspecified atom stereocenters. The van der Waals surface area contributed by atoms with Crippen molar-refractivity contribution in [1.29, 1.82) is 0 Å². The second-order valence-electron chi connectivity index (χ2n) is 4.43. The molecule has 20 heavy (non-hydrogen) atoms. The SMILES string of the molecule is O=c1cc2ncnc-2c2sn(-c3ccccc3)ccc1=2. The van der Waals surface area contributed by atoms with Crippen molar-refractivity contribution in [3.05, 3.63) is 75.0 Å². The Bertz CT molecular complexity index is 974. The van der Waals surface area contributed by atoms with Gasteiger partial charge >= 0.3 is 0 Å². The predicted molar refractivity (Wildman–Crippen MR) is 77.4 cm³/mol. The molecule has 1 aromatic carbocycles. The van der Waals surface area contributed by atoms with Crippen LogP contribution in [0.25, 0.3) is 17.1 Å². The van der Waals surface area contributed by atoms with E-state index in [-0.39, 0.29) is 5.43 Å². The van der Waals surface area contributed by atoms with Crippen molar-refractivity contribution in [3.8, 4) is 17.1 Å². The summed E-state index contributed by atoms with van der Waals surface area (Å²) in [7, 11) is 0. The summed E-state index contributed by atoms with van der Waals surface area (Å²) >= 11 is 1.50. The Labute approximate surface area is 118 Å². The quantitative estimate of drug-likeness (QED) is 0.538. The Hall–Kier alpha value is -2.53. The Morgan fingerprint density at radius 2 is 1.90 bits per heavy atom.